The normalized spacial score (nSPS) is 11.2. The van der Waals surface area contributed by atoms with Crippen LogP contribution < -0.4 is 5.56 Å². The Bertz CT molecular complexity index is 939. The van der Waals surface area contributed by atoms with Gasteiger partial charge in [0.05, 0.1) is 13.2 Å². The van der Waals surface area contributed by atoms with Crippen LogP contribution >= 0.6 is 0 Å². The molecule has 8 nitrogen and oxygen atoms in total. The molecule has 0 aromatic heterocycles. The molecule has 2 heterocycles. The highest BCUT2D eigenvalue weighted by Crippen LogP contribution is 2.25. The number of benzene rings is 1. The van der Waals surface area contributed by atoms with Crippen LogP contribution in [-0.2, 0) is 19.1 Å². The Morgan fingerprint density at radius 1 is 1.16 bits per heavy atom. The van der Waals surface area contributed by atoms with Gasteiger partial charge in [-0.25, -0.2) is 9.59 Å². The van der Waals surface area contributed by atoms with Gasteiger partial charge in [-0.1, -0.05) is 18.2 Å². The van der Waals surface area contributed by atoms with E-state index in [1.807, 2.05) is 0 Å². The summed E-state index contributed by atoms with van der Waals surface area (Å²) in [5, 5.41) is 4.71. The molecule has 0 atom stereocenters. The number of ether oxygens (including phenoxy) is 2. The third-order valence-corrected chi connectivity index (χ3v) is 3.56. The zero-order valence-electron chi connectivity index (χ0n) is 13.7. The largest absolute Gasteiger partial charge is 0.464 e. The summed E-state index contributed by atoms with van der Waals surface area (Å²) >= 11 is 0. The van der Waals surface area contributed by atoms with Gasteiger partial charge in [0, 0.05) is 5.39 Å². The number of hydrogen-bond donors (Lipinski definition) is 0. The number of rotatable bonds is 5. The zero-order chi connectivity index (χ0) is 18.0. The Labute approximate surface area is 142 Å². The maximum atomic E-state index is 12.7. The van der Waals surface area contributed by atoms with Crippen molar-refractivity contribution in [2.24, 2.45) is 0 Å². The van der Waals surface area contributed by atoms with E-state index in [0.717, 1.165) is 4.68 Å². The molecular formula is C17H16N2O6. The molecule has 0 spiro atoms. The van der Waals surface area contributed by atoms with Gasteiger partial charge in [-0.15, -0.1) is 5.10 Å². The molecule has 1 aromatic rings. The summed E-state index contributed by atoms with van der Waals surface area (Å²) < 4.78 is 16.1. The lowest BCUT2D eigenvalue weighted by Gasteiger charge is -2.13. The first kappa shape index (κ1) is 16.7. The van der Waals surface area contributed by atoms with Crippen LogP contribution in [0.4, 0.5) is 0 Å². The average molecular weight is 344 g/mol. The summed E-state index contributed by atoms with van der Waals surface area (Å²) in [6.07, 6.45) is 0. The third kappa shape index (κ3) is 2.98. The standard InChI is InChI=1S/C17H16N2O6/c1-3-23-16(21)13(17(22)24-4-2)19-15(20)11-9-10-7-5-6-8-12(10)25-14(11)18-19/h5-9,13H,3-4H2,1-2H3. The molecule has 0 N–H and O–H groups in total. The number of carbonyl (C=O) groups is 2. The molecule has 0 radical (unpaired) electrons. The molecule has 0 fully saturated rings. The van der Waals surface area contributed by atoms with E-state index in [0.29, 0.717) is 11.0 Å². The Morgan fingerprint density at radius 2 is 1.80 bits per heavy atom. The van der Waals surface area contributed by atoms with Crippen LogP contribution in [0.1, 0.15) is 19.9 Å². The number of esters is 2. The van der Waals surface area contributed by atoms with Crippen LogP contribution in [0.25, 0.3) is 22.4 Å². The van der Waals surface area contributed by atoms with Gasteiger partial charge in [0.2, 0.25) is 11.9 Å². The van der Waals surface area contributed by atoms with E-state index < -0.39 is 23.5 Å². The number of para-hydroxylation sites is 1. The van der Waals surface area contributed by atoms with Gasteiger partial charge >= 0.3 is 11.9 Å². The highest BCUT2D eigenvalue weighted by Gasteiger charge is 2.36. The van der Waals surface area contributed by atoms with Crippen molar-refractivity contribution >= 4 is 22.9 Å². The quantitative estimate of drug-likeness (QED) is 0.513. The molecule has 0 aliphatic carbocycles. The van der Waals surface area contributed by atoms with Crippen LogP contribution in [0, 0.1) is 0 Å². The van der Waals surface area contributed by atoms with Gasteiger partial charge in [0.15, 0.2) is 0 Å². The first-order valence-corrected chi connectivity index (χ1v) is 7.81. The van der Waals surface area contributed by atoms with E-state index in [1.165, 1.54) is 0 Å². The van der Waals surface area contributed by atoms with Crippen molar-refractivity contribution in [2.75, 3.05) is 13.2 Å². The SMILES string of the molecule is CCOC(=O)C(C(=O)OCC)n1nc2oc3ccccc3cc-2c1=O. The Hall–Kier alpha value is -3.16. The van der Waals surface area contributed by atoms with Crippen LogP contribution in [0.15, 0.2) is 39.5 Å². The lowest BCUT2D eigenvalue weighted by Crippen LogP contribution is -2.36. The highest BCUT2D eigenvalue weighted by atomic mass is 16.6. The Morgan fingerprint density at radius 3 is 2.44 bits per heavy atom. The van der Waals surface area contributed by atoms with Crippen LogP contribution in [0.5, 0.6) is 0 Å². The molecule has 8 heteroatoms. The smallest absolute Gasteiger partial charge is 0.342 e. The summed E-state index contributed by atoms with van der Waals surface area (Å²) in [7, 11) is 0. The molecule has 0 bridgehead atoms. The molecular weight excluding hydrogens is 328 g/mol. The van der Waals surface area contributed by atoms with Gasteiger partial charge in [-0.2, -0.15) is 4.68 Å². The maximum absolute atomic E-state index is 12.7. The van der Waals surface area contributed by atoms with Gasteiger partial charge in [-0.3, -0.25) is 4.79 Å². The Kier molecular flexibility index (Phi) is 4.51. The third-order valence-electron chi connectivity index (χ3n) is 3.56. The van der Waals surface area contributed by atoms with Crippen molar-refractivity contribution < 1.29 is 23.5 Å². The topological polar surface area (TPSA) is 101 Å². The molecule has 0 saturated heterocycles. The molecule has 0 unspecified atom stereocenters. The number of hydrogen-bond acceptors (Lipinski definition) is 7. The molecule has 0 amide bonds. The minimum atomic E-state index is -1.61. The van der Waals surface area contributed by atoms with Crippen molar-refractivity contribution in [3.8, 4) is 11.5 Å². The lowest BCUT2D eigenvalue weighted by atomic mass is 10.2. The number of carbonyl (C=O) groups excluding carboxylic acids is 2. The first-order valence-electron chi connectivity index (χ1n) is 7.81. The molecule has 2 aliphatic heterocycles. The minimum absolute atomic E-state index is 0.0299. The van der Waals surface area contributed by atoms with E-state index in [1.54, 1.807) is 44.2 Å². The van der Waals surface area contributed by atoms with Crippen LogP contribution in [0.2, 0.25) is 0 Å². The summed E-state index contributed by atoms with van der Waals surface area (Å²) in [5.41, 5.74) is 0.0661. The van der Waals surface area contributed by atoms with Gasteiger partial charge in [0.1, 0.15) is 11.1 Å². The van der Waals surface area contributed by atoms with E-state index in [9.17, 15) is 14.4 Å². The molecule has 1 aromatic carbocycles. The van der Waals surface area contributed by atoms with Gasteiger partial charge < -0.3 is 13.9 Å². The predicted molar refractivity (Wildman–Crippen MR) is 87.2 cm³/mol. The molecule has 0 saturated carbocycles. The summed E-state index contributed by atoms with van der Waals surface area (Å²) in [4.78, 5) is 37.0. The van der Waals surface area contributed by atoms with Crippen molar-refractivity contribution in [2.45, 2.75) is 19.9 Å². The molecule has 130 valence electrons. The van der Waals surface area contributed by atoms with Crippen molar-refractivity contribution in [3.63, 3.8) is 0 Å². The molecule has 3 rings (SSSR count). The number of fused-ring (bicyclic) bond motifs is 2. The predicted octanol–water partition coefficient (Wildman–Crippen LogP) is 1.76. The van der Waals surface area contributed by atoms with E-state index in [-0.39, 0.29) is 24.7 Å². The van der Waals surface area contributed by atoms with Crippen molar-refractivity contribution in [3.05, 3.63) is 40.7 Å². The second-order valence-electron chi connectivity index (χ2n) is 5.16. The summed E-state index contributed by atoms with van der Waals surface area (Å²) in [5.74, 6) is -1.78. The van der Waals surface area contributed by atoms with E-state index in [2.05, 4.69) is 5.10 Å². The van der Waals surface area contributed by atoms with Crippen LogP contribution in [-0.4, -0.2) is 34.9 Å². The zero-order valence-corrected chi connectivity index (χ0v) is 13.7. The van der Waals surface area contributed by atoms with Gasteiger partial charge in [0.25, 0.3) is 5.56 Å². The van der Waals surface area contributed by atoms with Crippen molar-refractivity contribution in [1.82, 2.24) is 9.78 Å². The highest BCUT2D eigenvalue weighted by molar-refractivity contribution is 5.97. The van der Waals surface area contributed by atoms with E-state index in [4.69, 9.17) is 13.9 Å². The van der Waals surface area contributed by atoms with Crippen molar-refractivity contribution in [1.29, 1.82) is 0 Å². The second-order valence-corrected chi connectivity index (χ2v) is 5.16. The fourth-order valence-corrected chi connectivity index (χ4v) is 2.48. The number of nitrogens with zero attached hydrogens (tertiary/aromatic N) is 2. The lowest BCUT2D eigenvalue weighted by molar-refractivity contribution is -0.160. The fraction of sp³-hybridized carbons (Fsp3) is 0.294. The van der Waals surface area contributed by atoms with Gasteiger partial charge in [-0.05, 0) is 26.0 Å². The molecule has 25 heavy (non-hydrogen) atoms. The minimum Gasteiger partial charge on any atom is -0.464 e. The summed E-state index contributed by atoms with van der Waals surface area (Å²) in [6, 6.07) is 7.09. The molecule has 2 aliphatic rings. The Balaban J connectivity index is 2.17. The fourth-order valence-electron chi connectivity index (χ4n) is 2.48. The second kappa shape index (κ2) is 6.76. The van der Waals surface area contributed by atoms with E-state index >= 15 is 0 Å². The summed E-state index contributed by atoms with van der Waals surface area (Å²) in [6.45, 7) is 3.30. The first-order chi connectivity index (χ1) is 12.1. The maximum Gasteiger partial charge on any atom is 0.342 e. The van der Waals surface area contributed by atoms with Crippen LogP contribution in [0.3, 0.4) is 0 Å². The monoisotopic (exact) mass is 344 g/mol. The average Bonchev–Trinajstić information content (AvgIpc) is 2.90. The number of aromatic nitrogens is 2.